The van der Waals surface area contributed by atoms with E-state index >= 15 is 0 Å². The molecule has 0 saturated carbocycles. The summed E-state index contributed by atoms with van der Waals surface area (Å²) in [7, 11) is 0. The minimum Gasteiger partial charge on any atom is -0.508 e. The van der Waals surface area contributed by atoms with Gasteiger partial charge in [-0.2, -0.15) is 0 Å². The van der Waals surface area contributed by atoms with E-state index in [0.29, 0.717) is 12.8 Å². The SMILES string of the molecule is CCC[C@@](C)(O)C(=O)Nc1ccc(O)cc1F. The Morgan fingerprint density at radius 3 is 2.71 bits per heavy atom. The van der Waals surface area contributed by atoms with Crippen molar-refractivity contribution < 1.29 is 19.4 Å². The molecule has 94 valence electrons. The van der Waals surface area contributed by atoms with Crippen LogP contribution in [0.25, 0.3) is 0 Å². The monoisotopic (exact) mass is 241 g/mol. The third kappa shape index (κ3) is 3.42. The lowest BCUT2D eigenvalue weighted by molar-refractivity contribution is -0.133. The highest BCUT2D eigenvalue weighted by Crippen LogP contribution is 2.21. The molecule has 0 fully saturated rings. The molecule has 17 heavy (non-hydrogen) atoms. The number of hydrogen-bond donors (Lipinski definition) is 3. The van der Waals surface area contributed by atoms with Crippen LogP contribution < -0.4 is 5.32 Å². The Labute approximate surface area is 99.1 Å². The highest BCUT2D eigenvalue weighted by Gasteiger charge is 2.29. The van der Waals surface area contributed by atoms with Gasteiger partial charge >= 0.3 is 0 Å². The fourth-order valence-corrected chi connectivity index (χ4v) is 1.46. The van der Waals surface area contributed by atoms with Crippen LogP contribution in [-0.2, 0) is 4.79 Å². The third-order valence-electron chi connectivity index (χ3n) is 2.43. The van der Waals surface area contributed by atoms with Gasteiger partial charge in [-0.25, -0.2) is 4.39 Å². The minimum atomic E-state index is -1.53. The van der Waals surface area contributed by atoms with Gasteiger partial charge in [0.05, 0.1) is 5.69 Å². The maximum Gasteiger partial charge on any atom is 0.256 e. The number of rotatable bonds is 4. The van der Waals surface area contributed by atoms with Gasteiger partial charge in [-0.1, -0.05) is 13.3 Å². The Balaban J connectivity index is 2.81. The number of carbonyl (C=O) groups excluding carboxylic acids is 1. The Kier molecular flexibility index (Phi) is 4.07. The summed E-state index contributed by atoms with van der Waals surface area (Å²) in [5, 5.41) is 21.1. The van der Waals surface area contributed by atoms with Crippen molar-refractivity contribution in [3.05, 3.63) is 24.0 Å². The van der Waals surface area contributed by atoms with E-state index in [4.69, 9.17) is 5.11 Å². The number of anilines is 1. The predicted molar refractivity (Wildman–Crippen MR) is 62.2 cm³/mol. The van der Waals surface area contributed by atoms with Crippen LogP contribution in [0.5, 0.6) is 5.75 Å². The summed E-state index contributed by atoms with van der Waals surface area (Å²) in [6.45, 7) is 3.22. The molecule has 0 bridgehead atoms. The minimum absolute atomic E-state index is 0.0656. The van der Waals surface area contributed by atoms with E-state index < -0.39 is 17.3 Å². The number of halogens is 1. The van der Waals surface area contributed by atoms with Crippen molar-refractivity contribution in [2.45, 2.75) is 32.3 Å². The number of phenolic OH excluding ortho intramolecular Hbond substituents is 1. The molecular weight excluding hydrogens is 225 g/mol. The van der Waals surface area contributed by atoms with Crippen molar-refractivity contribution in [2.24, 2.45) is 0 Å². The molecule has 1 amide bonds. The average Bonchev–Trinajstić information content (AvgIpc) is 2.22. The molecule has 0 aliphatic carbocycles. The summed E-state index contributed by atoms with van der Waals surface area (Å²) in [5.74, 6) is -1.63. The number of hydrogen-bond acceptors (Lipinski definition) is 3. The van der Waals surface area contributed by atoms with Crippen LogP contribution in [-0.4, -0.2) is 21.7 Å². The van der Waals surface area contributed by atoms with Gasteiger partial charge in [0.25, 0.3) is 5.91 Å². The predicted octanol–water partition coefficient (Wildman–Crippen LogP) is 2.02. The summed E-state index contributed by atoms with van der Waals surface area (Å²) in [5.41, 5.74) is -1.59. The summed E-state index contributed by atoms with van der Waals surface area (Å²) in [6, 6.07) is 3.39. The van der Waals surface area contributed by atoms with Gasteiger partial charge in [0.15, 0.2) is 0 Å². The molecule has 0 aromatic heterocycles. The maximum atomic E-state index is 13.3. The van der Waals surface area contributed by atoms with E-state index in [2.05, 4.69) is 5.32 Å². The van der Waals surface area contributed by atoms with Crippen molar-refractivity contribution in [2.75, 3.05) is 5.32 Å². The number of nitrogens with one attached hydrogen (secondary N) is 1. The van der Waals surface area contributed by atoms with Crippen LogP contribution in [0.15, 0.2) is 18.2 Å². The van der Waals surface area contributed by atoms with Crippen LogP contribution in [0.3, 0.4) is 0 Å². The molecule has 1 atom stereocenters. The quantitative estimate of drug-likeness (QED) is 0.706. The van der Waals surface area contributed by atoms with E-state index in [1.54, 1.807) is 0 Å². The lowest BCUT2D eigenvalue weighted by Gasteiger charge is -2.21. The van der Waals surface area contributed by atoms with Gasteiger partial charge in [0.1, 0.15) is 17.2 Å². The summed E-state index contributed by atoms with van der Waals surface area (Å²) in [4.78, 5) is 11.7. The molecule has 3 N–H and O–H groups in total. The molecule has 0 aliphatic heterocycles. The van der Waals surface area contributed by atoms with Crippen LogP contribution >= 0.6 is 0 Å². The fourth-order valence-electron chi connectivity index (χ4n) is 1.46. The smallest absolute Gasteiger partial charge is 0.256 e. The molecule has 0 aliphatic rings. The summed E-state index contributed by atoms with van der Waals surface area (Å²) in [6.07, 6.45) is 0.928. The molecule has 4 nitrogen and oxygen atoms in total. The summed E-state index contributed by atoms with van der Waals surface area (Å²) >= 11 is 0. The first-order valence-corrected chi connectivity index (χ1v) is 5.39. The highest BCUT2D eigenvalue weighted by molar-refractivity contribution is 5.96. The van der Waals surface area contributed by atoms with Gasteiger partial charge in [0.2, 0.25) is 0 Å². The van der Waals surface area contributed by atoms with Crippen LogP contribution in [0, 0.1) is 5.82 Å². The van der Waals surface area contributed by atoms with Gasteiger partial charge in [-0.3, -0.25) is 4.79 Å². The lowest BCUT2D eigenvalue weighted by Crippen LogP contribution is -2.39. The molecule has 1 aromatic rings. The number of carbonyl (C=O) groups is 1. The zero-order valence-corrected chi connectivity index (χ0v) is 9.83. The van der Waals surface area contributed by atoms with Crippen molar-refractivity contribution >= 4 is 11.6 Å². The second-order valence-corrected chi connectivity index (χ2v) is 4.14. The number of phenols is 1. The first-order chi connectivity index (χ1) is 7.86. The number of benzene rings is 1. The molecule has 0 spiro atoms. The second-order valence-electron chi connectivity index (χ2n) is 4.14. The van der Waals surface area contributed by atoms with E-state index in [9.17, 15) is 14.3 Å². The van der Waals surface area contributed by atoms with Crippen molar-refractivity contribution in [1.29, 1.82) is 0 Å². The van der Waals surface area contributed by atoms with E-state index in [0.717, 1.165) is 6.07 Å². The maximum absolute atomic E-state index is 13.3. The normalized spacial score (nSPS) is 14.1. The molecule has 0 heterocycles. The van der Waals surface area contributed by atoms with Crippen molar-refractivity contribution in [3.8, 4) is 5.75 Å². The van der Waals surface area contributed by atoms with Gasteiger partial charge in [-0.15, -0.1) is 0 Å². The largest absolute Gasteiger partial charge is 0.508 e. The number of aromatic hydroxyl groups is 1. The summed E-state index contributed by atoms with van der Waals surface area (Å²) < 4.78 is 13.3. The Hall–Kier alpha value is -1.62. The molecule has 5 heteroatoms. The molecule has 0 radical (unpaired) electrons. The zero-order chi connectivity index (χ0) is 13.1. The van der Waals surface area contributed by atoms with Crippen LogP contribution in [0.2, 0.25) is 0 Å². The number of aliphatic hydroxyl groups is 1. The van der Waals surface area contributed by atoms with Crippen LogP contribution in [0.4, 0.5) is 10.1 Å². The third-order valence-corrected chi connectivity index (χ3v) is 2.43. The van der Waals surface area contributed by atoms with Gasteiger partial charge in [0, 0.05) is 6.07 Å². The van der Waals surface area contributed by atoms with E-state index in [1.807, 2.05) is 6.92 Å². The molecular formula is C12H16FNO3. The van der Waals surface area contributed by atoms with Crippen LogP contribution in [0.1, 0.15) is 26.7 Å². The highest BCUT2D eigenvalue weighted by atomic mass is 19.1. The molecule has 0 saturated heterocycles. The van der Waals surface area contributed by atoms with Crippen molar-refractivity contribution in [3.63, 3.8) is 0 Å². The second kappa shape index (κ2) is 5.14. The Bertz CT molecular complexity index is 418. The lowest BCUT2D eigenvalue weighted by atomic mass is 9.99. The van der Waals surface area contributed by atoms with Crippen molar-refractivity contribution in [1.82, 2.24) is 0 Å². The van der Waals surface area contributed by atoms with E-state index in [1.165, 1.54) is 19.1 Å². The first-order valence-electron chi connectivity index (χ1n) is 5.39. The Morgan fingerprint density at radius 1 is 1.53 bits per heavy atom. The molecule has 0 unspecified atom stereocenters. The number of amides is 1. The fraction of sp³-hybridized carbons (Fsp3) is 0.417. The zero-order valence-electron chi connectivity index (χ0n) is 9.83. The van der Waals surface area contributed by atoms with Gasteiger partial charge < -0.3 is 15.5 Å². The standard InChI is InChI=1S/C12H16FNO3/c1-3-6-12(2,17)11(16)14-10-5-4-8(15)7-9(10)13/h4-5,7,15,17H,3,6H2,1-2H3,(H,14,16)/t12-/m1/s1. The Morgan fingerprint density at radius 2 is 2.18 bits per heavy atom. The molecule has 1 aromatic carbocycles. The van der Waals surface area contributed by atoms with E-state index in [-0.39, 0.29) is 11.4 Å². The average molecular weight is 241 g/mol. The first kappa shape index (κ1) is 13.4. The molecule has 1 rings (SSSR count). The van der Waals surface area contributed by atoms with Gasteiger partial charge in [-0.05, 0) is 25.5 Å². The topological polar surface area (TPSA) is 69.6 Å².